The van der Waals surface area contributed by atoms with Gasteiger partial charge in [-0.2, -0.15) is 9.40 Å². The highest BCUT2D eigenvalue weighted by atomic mass is 32.2. The zero-order chi connectivity index (χ0) is 27.3. The first-order chi connectivity index (χ1) is 18.1. The van der Waals surface area contributed by atoms with Crippen LogP contribution in [0.15, 0.2) is 47.6 Å². The highest BCUT2D eigenvalue weighted by molar-refractivity contribution is 7.89. The molecule has 206 valence electrons. The largest absolute Gasteiger partial charge is 0.380 e. The van der Waals surface area contributed by atoms with Crippen molar-refractivity contribution in [1.82, 2.24) is 24.4 Å². The Morgan fingerprint density at radius 3 is 2.61 bits per heavy atom. The van der Waals surface area contributed by atoms with Gasteiger partial charge in [0.2, 0.25) is 15.9 Å². The zero-order valence-corrected chi connectivity index (χ0v) is 23.5. The molecule has 10 nitrogen and oxygen atoms in total. The van der Waals surface area contributed by atoms with Crippen molar-refractivity contribution in [2.24, 2.45) is 11.8 Å². The number of anilines is 2. The Kier molecular flexibility index (Phi) is 8.88. The van der Waals surface area contributed by atoms with Crippen molar-refractivity contribution in [3.8, 4) is 0 Å². The van der Waals surface area contributed by atoms with Crippen LogP contribution in [0.3, 0.4) is 0 Å². The number of amides is 1. The number of hydrogen-bond donors (Lipinski definition) is 3. The van der Waals surface area contributed by atoms with E-state index < -0.39 is 10.0 Å². The monoisotopic (exact) mass is 541 g/mol. The van der Waals surface area contributed by atoms with Gasteiger partial charge in [-0.15, -0.1) is 0 Å². The van der Waals surface area contributed by atoms with E-state index in [2.05, 4.69) is 25.8 Å². The predicted octanol–water partition coefficient (Wildman–Crippen LogP) is 3.78. The van der Waals surface area contributed by atoms with Crippen LogP contribution in [0.2, 0.25) is 0 Å². The lowest BCUT2D eigenvalue weighted by Crippen LogP contribution is -2.47. The number of hydrogen-bond acceptors (Lipinski definition) is 7. The number of carbonyl (C=O) groups excluding carboxylic acids is 1. The van der Waals surface area contributed by atoms with Gasteiger partial charge >= 0.3 is 0 Å². The number of piperidine rings is 1. The molecule has 1 aliphatic heterocycles. The van der Waals surface area contributed by atoms with E-state index in [1.807, 2.05) is 38.7 Å². The number of nitrogens with zero attached hydrogens (tertiary/aromatic N) is 4. The molecule has 11 heteroatoms. The van der Waals surface area contributed by atoms with E-state index in [9.17, 15) is 13.2 Å². The number of H-pyrrole nitrogens is 1. The molecule has 38 heavy (non-hydrogen) atoms. The molecule has 0 aliphatic carbocycles. The lowest BCUT2D eigenvalue weighted by molar-refractivity contribution is -0.130. The number of likely N-dealkylation sites (tertiary alicyclic amines) is 1. The first-order valence-corrected chi connectivity index (χ1v) is 14.7. The summed E-state index contributed by atoms with van der Waals surface area (Å²) in [5.41, 5.74) is 2.11. The number of para-hydroxylation sites is 1. The van der Waals surface area contributed by atoms with Crippen LogP contribution < -0.4 is 10.6 Å². The van der Waals surface area contributed by atoms with E-state index in [1.165, 1.54) is 0 Å². The third-order valence-electron chi connectivity index (χ3n) is 6.56. The van der Waals surface area contributed by atoms with Gasteiger partial charge in [0.15, 0.2) is 5.65 Å². The summed E-state index contributed by atoms with van der Waals surface area (Å²) < 4.78 is 28.8. The highest BCUT2D eigenvalue weighted by Gasteiger charge is 2.29. The van der Waals surface area contributed by atoms with Gasteiger partial charge in [-0.05, 0) is 42.9 Å². The summed E-state index contributed by atoms with van der Waals surface area (Å²) in [4.78, 5) is 19.5. The minimum Gasteiger partial charge on any atom is -0.380 e. The maximum Gasteiger partial charge on any atom is 0.245 e. The molecule has 2 aromatic heterocycles. The normalized spacial score (nSPS) is 16.5. The number of rotatable bonds is 11. The number of sulfonamides is 1. The summed E-state index contributed by atoms with van der Waals surface area (Å²) in [7, 11) is -3.73. The molecule has 1 fully saturated rings. The summed E-state index contributed by atoms with van der Waals surface area (Å²) in [6, 6.07) is 8.86. The van der Waals surface area contributed by atoms with E-state index in [0.29, 0.717) is 31.9 Å². The lowest BCUT2D eigenvalue weighted by atomic mass is 10.0. The number of nitrogens with one attached hydrogen (secondary N) is 3. The maximum absolute atomic E-state index is 13.6. The minimum atomic E-state index is -3.73. The average molecular weight is 542 g/mol. The first kappa shape index (κ1) is 27.8. The van der Waals surface area contributed by atoms with Crippen LogP contribution in [-0.2, 0) is 14.8 Å². The van der Waals surface area contributed by atoms with E-state index in [4.69, 9.17) is 0 Å². The molecule has 0 radical (unpaired) electrons. The van der Waals surface area contributed by atoms with Crippen LogP contribution in [0.25, 0.3) is 11.0 Å². The number of fused-ring (bicyclic) bond motifs is 1. The molecule has 3 heterocycles. The van der Waals surface area contributed by atoms with Crippen LogP contribution >= 0.6 is 0 Å². The smallest absolute Gasteiger partial charge is 0.245 e. The number of carbonyl (C=O) groups is 1. The van der Waals surface area contributed by atoms with Crippen molar-refractivity contribution in [3.05, 3.63) is 42.7 Å². The number of benzene rings is 1. The van der Waals surface area contributed by atoms with Crippen molar-refractivity contribution in [2.45, 2.75) is 51.5 Å². The molecule has 0 saturated carbocycles. The third-order valence-corrected chi connectivity index (χ3v) is 8.45. The van der Waals surface area contributed by atoms with Gasteiger partial charge in [0, 0.05) is 44.1 Å². The minimum absolute atomic E-state index is 0.0227. The standard InChI is InChI=1S/C27H39N7O3S/c1-19(2)16-34(17-20(3)4)38(36,37)25-10-6-5-9-24(25)29-15-26(35)33-13-7-8-21(18-33)31-23-11-12-28-27-22(23)14-30-32-27/h5-6,9-12,14,19-21,29H,7-8,13,15-18H2,1-4H3,(H2,28,30,31,32)/t21-/m1/s1. The Bertz CT molecular complexity index is 1330. The van der Waals surface area contributed by atoms with Crippen molar-refractivity contribution in [1.29, 1.82) is 0 Å². The highest BCUT2D eigenvalue weighted by Crippen LogP contribution is 2.27. The topological polar surface area (TPSA) is 123 Å². The van der Waals surface area contributed by atoms with Gasteiger partial charge in [-0.25, -0.2) is 13.4 Å². The maximum atomic E-state index is 13.6. The van der Waals surface area contributed by atoms with Gasteiger partial charge in [0.1, 0.15) is 4.90 Å². The fourth-order valence-electron chi connectivity index (χ4n) is 4.86. The molecule has 1 aliphatic rings. The molecular formula is C27H39N7O3S. The Balaban J connectivity index is 1.42. The Morgan fingerprint density at radius 1 is 1.13 bits per heavy atom. The molecular weight excluding hydrogens is 502 g/mol. The van der Waals surface area contributed by atoms with E-state index in [0.717, 1.165) is 29.6 Å². The Labute approximate surface area is 225 Å². The molecule has 1 atom stereocenters. The van der Waals surface area contributed by atoms with Gasteiger partial charge in [-0.1, -0.05) is 39.8 Å². The third kappa shape index (κ3) is 6.63. The molecule has 1 saturated heterocycles. The molecule has 1 amide bonds. The van der Waals surface area contributed by atoms with Crippen LogP contribution in [0.1, 0.15) is 40.5 Å². The summed E-state index contributed by atoms with van der Waals surface area (Å²) >= 11 is 0. The molecule has 0 spiro atoms. The van der Waals surface area contributed by atoms with Gasteiger partial charge in [0.25, 0.3) is 0 Å². The van der Waals surface area contributed by atoms with E-state index >= 15 is 0 Å². The second-order valence-electron chi connectivity index (χ2n) is 10.8. The SMILES string of the molecule is CC(C)CN(CC(C)C)S(=O)(=O)c1ccccc1NCC(=O)N1CCC[C@@H](Nc2ccnc3[nH]ncc23)C1. The summed E-state index contributed by atoms with van der Waals surface area (Å²) in [5.74, 6) is 0.332. The fraction of sp³-hybridized carbons (Fsp3) is 0.519. The van der Waals surface area contributed by atoms with Crippen LogP contribution in [0.4, 0.5) is 11.4 Å². The van der Waals surface area contributed by atoms with Crippen LogP contribution in [-0.4, -0.2) is 77.5 Å². The number of aromatic nitrogens is 3. The second-order valence-corrected chi connectivity index (χ2v) is 12.7. The molecule has 3 aromatic rings. The van der Waals surface area contributed by atoms with Crippen LogP contribution in [0.5, 0.6) is 0 Å². The molecule has 3 N–H and O–H groups in total. The van der Waals surface area contributed by atoms with Crippen molar-refractivity contribution >= 4 is 38.3 Å². The second kappa shape index (κ2) is 12.1. The molecule has 0 unspecified atom stereocenters. The van der Waals surface area contributed by atoms with Gasteiger partial charge < -0.3 is 15.5 Å². The molecule has 1 aromatic carbocycles. The van der Waals surface area contributed by atoms with E-state index in [-0.39, 0.29) is 35.2 Å². The predicted molar refractivity (Wildman–Crippen MR) is 150 cm³/mol. The fourth-order valence-corrected chi connectivity index (χ4v) is 6.80. The number of pyridine rings is 1. The zero-order valence-electron chi connectivity index (χ0n) is 22.6. The summed E-state index contributed by atoms with van der Waals surface area (Å²) in [5, 5.41) is 14.5. The van der Waals surface area contributed by atoms with Crippen molar-refractivity contribution < 1.29 is 13.2 Å². The summed E-state index contributed by atoms with van der Waals surface area (Å²) in [6.07, 6.45) is 5.30. The van der Waals surface area contributed by atoms with Gasteiger partial charge in [0.05, 0.1) is 23.8 Å². The average Bonchev–Trinajstić information content (AvgIpc) is 3.37. The van der Waals surface area contributed by atoms with Crippen LogP contribution in [0, 0.1) is 11.8 Å². The molecule has 0 bridgehead atoms. The van der Waals surface area contributed by atoms with Crippen molar-refractivity contribution in [2.75, 3.05) is 43.4 Å². The first-order valence-electron chi connectivity index (χ1n) is 13.3. The van der Waals surface area contributed by atoms with Crippen molar-refractivity contribution in [3.63, 3.8) is 0 Å². The van der Waals surface area contributed by atoms with Gasteiger partial charge in [-0.3, -0.25) is 9.89 Å². The molecule has 4 rings (SSSR count). The Morgan fingerprint density at radius 2 is 1.87 bits per heavy atom. The Hall–Kier alpha value is -3.18. The summed E-state index contributed by atoms with van der Waals surface area (Å²) in [6.45, 7) is 10.2. The lowest BCUT2D eigenvalue weighted by Gasteiger charge is -2.34. The number of aromatic amines is 1. The quantitative estimate of drug-likeness (QED) is 0.338. The van der Waals surface area contributed by atoms with E-state index in [1.54, 1.807) is 41.0 Å².